The van der Waals surface area contributed by atoms with Crippen LogP contribution in [0.5, 0.6) is 0 Å². The van der Waals surface area contributed by atoms with Crippen LogP contribution < -0.4 is 0 Å². The number of aliphatic hydroxyl groups is 1. The molecule has 1 saturated carbocycles. The lowest BCUT2D eigenvalue weighted by Gasteiger charge is -2.05. The number of hydrogen-bond acceptors (Lipinski definition) is 1. The van der Waals surface area contributed by atoms with Gasteiger partial charge in [-0.25, -0.2) is 0 Å². The standard InChI is InChI=1S/C7H14.CH4O/c1-6-4-3-5-7(6)2;1-2/h6-7H,3-5H2,1-2H3;2H,1H3/t6-,7-;/m1./s1. The minimum absolute atomic E-state index is 1.00. The SMILES string of the molecule is CO.C[C@@H]1CCC[C@H]1C. The van der Waals surface area contributed by atoms with E-state index < -0.39 is 0 Å². The molecule has 0 aromatic rings. The zero-order valence-electron chi connectivity index (χ0n) is 6.72. The van der Waals surface area contributed by atoms with E-state index in [1.165, 1.54) is 19.3 Å². The Morgan fingerprint density at radius 3 is 1.44 bits per heavy atom. The second-order valence-electron chi connectivity index (χ2n) is 2.89. The molecule has 0 spiro atoms. The molecule has 0 aromatic carbocycles. The molecular formula is C8H18O. The fraction of sp³-hybridized carbons (Fsp3) is 1.00. The van der Waals surface area contributed by atoms with Gasteiger partial charge in [0.15, 0.2) is 0 Å². The van der Waals surface area contributed by atoms with Gasteiger partial charge in [-0.2, -0.15) is 0 Å². The third kappa shape index (κ3) is 2.85. The summed E-state index contributed by atoms with van der Waals surface area (Å²) in [4.78, 5) is 0. The first-order valence-electron chi connectivity index (χ1n) is 3.75. The molecule has 0 saturated heterocycles. The fourth-order valence-electron chi connectivity index (χ4n) is 1.33. The largest absolute Gasteiger partial charge is 0.400 e. The first kappa shape index (κ1) is 8.96. The molecule has 1 rings (SSSR count). The third-order valence-electron chi connectivity index (χ3n) is 2.29. The van der Waals surface area contributed by atoms with E-state index in [1.54, 1.807) is 0 Å². The van der Waals surface area contributed by atoms with E-state index in [1.807, 2.05) is 0 Å². The molecule has 1 heteroatoms. The average Bonchev–Trinajstić information content (AvgIpc) is 2.23. The van der Waals surface area contributed by atoms with Crippen molar-refractivity contribution in [2.24, 2.45) is 11.8 Å². The summed E-state index contributed by atoms with van der Waals surface area (Å²) < 4.78 is 0. The summed E-state index contributed by atoms with van der Waals surface area (Å²) in [6.07, 6.45) is 4.42. The summed E-state index contributed by atoms with van der Waals surface area (Å²) >= 11 is 0. The van der Waals surface area contributed by atoms with Gasteiger partial charge in [0.05, 0.1) is 0 Å². The summed E-state index contributed by atoms with van der Waals surface area (Å²) in [6.45, 7) is 4.72. The number of rotatable bonds is 0. The zero-order chi connectivity index (χ0) is 7.28. The third-order valence-corrected chi connectivity index (χ3v) is 2.29. The molecule has 9 heavy (non-hydrogen) atoms. The molecule has 1 aliphatic rings. The van der Waals surface area contributed by atoms with Gasteiger partial charge in [-0.15, -0.1) is 0 Å². The molecule has 1 nitrogen and oxygen atoms in total. The van der Waals surface area contributed by atoms with Crippen LogP contribution in [-0.2, 0) is 0 Å². The highest BCUT2D eigenvalue weighted by Gasteiger charge is 2.17. The Morgan fingerprint density at radius 2 is 1.33 bits per heavy atom. The highest BCUT2D eigenvalue weighted by molar-refractivity contribution is 4.69. The average molecular weight is 130 g/mol. The van der Waals surface area contributed by atoms with Crippen LogP contribution in [0, 0.1) is 11.8 Å². The lowest BCUT2D eigenvalue weighted by Crippen LogP contribution is -1.95. The van der Waals surface area contributed by atoms with E-state index in [0.29, 0.717) is 0 Å². The van der Waals surface area contributed by atoms with Gasteiger partial charge < -0.3 is 5.11 Å². The van der Waals surface area contributed by atoms with Crippen LogP contribution in [0.1, 0.15) is 33.1 Å². The summed E-state index contributed by atoms with van der Waals surface area (Å²) in [5.74, 6) is 2.03. The van der Waals surface area contributed by atoms with Crippen molar-refractivity contribution in [3.8, 4) is 0 Å². The van der Waals surface area contributed by atoms with Crippen molar-refractivity contribution in [3.05, 3.63) is 0 Å². The van der Waals surface area contributed by atoms with Gasteiger partial charge >= 0.3 is 0 Å². The van der Waals surface area contributed by atoms with Crippen molar-refractivity contribution in [3.63, 3.8) is 0 Å². The normalized spacial score (nSPS) is 33.3. The van der Waals surface area contributed by atoms with E-state index in [0.717, 1.165) is 18.9 Å². The number of hydrogen-bond donors (Lipinski definition) is 1. The predicted molar refractivity (Wildman–Crippen MR) is 40.3 cm³/mol. The Kier molecular flexibility index (Phi) is 4.78. The molecule has 0 unspecified atom stereocenters. The molecular weight excluding hydrogens is 112 g/mol. The molecule has 0 aromatic heterocycles. The maximum absolute atomic E-state index is 7.00. The lowest BCUT2D eigenvalue weighted by atomic mass is 10.0. The van der Waals surface area contributed by atoms with Crippen molar-refractivity contribution in [2.45, 2.75) is 33.1 Å². The highest BCUT2D eigenvalue weighted by Crippen LogP contribution is 2.29. The quantitative estimate of drug-likeness (QED) is 0.532. The first-order chi connectivity index (χ1) is 4.30. The second-order valence-corrected chi connectivity index (χ2v) is 2.89. The van der Waals surface area contributed by atoms with Crippen molar-refractivity contribution in [1.82, 2.24) is 0 Å². The summed E-state index contributed by atoms with van der Waals surface area (Å²) in [6, 6.07) is 0. The zero-order valence-corrected chi connectivity index (χ0v) is 6.72. The molecule has 0 radical (unpaired) electrons. The highest BCUT2D eigenvalue weighted by atomic mass is 16.2. The van der Waals surface area contributed by atoms with Gasteiger partial charge in [0, 0.05) is 7.11 Å². The molecule has 0 amide bonds. The van der Waals surface area contributed by atoms with Crippen molar-refractivity contribution < 1.29 is 5.11 Å². The molecule has 1 aliphatic carbocycles. The summed E-state index contributed by atoms with van der Waals surface area (Å²) in [5, 5.41) is 7.00. The Morgan fingerprint density at radius 1 is 1.00 bits per heavy atom. The van der Waals surface area contributed by atoms with Crippen LogP contribution in [0.2, 0.25) is 0 Å². The molecule has 0 heterocycles. The van der Waals surface area contributed by atoms with E-state index >= 15 is 0 Å². The molecule has 1 N–H and O–H groups in total. The van der Waals surface area contributed by atoms with Crippen LogP contribution in [0.25, 0.3) is 0 Å². The number of aliphatic hydroxyl groups excluding tert-OH is 1. The van der Waals surface area contributed by atoms with Crippen molar-refractivity contribution in [1.29, 1.82) is 0 Å². The maximum Gasteiger partial charge on any atom is 0.0319 e. The molecule has 1 fully saturated rings. The second kappa shape index (κ2) is 4.80. The Labute approximate surface area is 58.1 Å². The molecule has 2 atom stereocenters. The van der Waals surface area contributed by atoms with Crippen LogP contribution in [0.3, 0.4) is 0 Å². The Balaban J connectivity index is 0.000000291. The van der Waals surface area contributed by atoms with Crippen LogP contribution in [-0.4, -0.2) is 12.2 Å². The van der Waals surface area contributed by atoms with Gasteiger partial charge in [0.1, 0.15) is 0 Å². The van der Waals surface area contributed by atoms with Crippen LogP contribution in [0.15, 0.2) is 0 Å². The molecule has 0 aliphatic heterocycles. The van der Waals surface area contributed by atoms with Gasteiger partial charge in [0.2, 0.25) is 0 Å². The monoisotopic (exact) mass is 130 g/mol. The van der Waals surface area contributed by atoms with Crippen LogP contribution >= 0.6 is 0 Å². The fourth-order valence-corrected chi connectivity index (χ4v) is 1.33. The predicted octanol–water partition coefficient (Wildman–Crippen LogP) is 2.05. The van der Waals surface area contributed by atoms with Gasteiger partial charge in [-0.3, -0.25) is 0 Å². The van der Waals surface area contributed by atoms with Gasteiger partial charge in [-0.1, -0.05) is 33.1 Å². The maximum atomic E-state index is 7.00. The van der Waals surface area contributed by atoms with E-state index in [2.05, 4.69) is 13.8 Å². The molecule has 56 valence electrons. The smallest absolute Gasteiger partial charge is 0.0319 e. The Hall–Kier alpha value is -0.0400. The van der Waals surface area contributed by atoms with E-state index in [-0.39, 0.29) is 0 Å². The lowest BCUT2D eigenvalue weighted by molar-refractivity contribution is 0.399. The Bertz CT molecular complexity index is 53.6. The minimum atomic E-state index is 1.00. The summed E-state index contributed by atoms with van der Waals surface area (Å²) in [5.41, 5.74) is 0. The van der Waals surface area contributed by atoms with Crippen molar-refractivity contribution >= 4 is 0 Å². The van der Waals surface area contributed by atoms with Gasteiger partial charge in [-0.05, 0) is 11.8 Å². The van der Waals surface area contributed by atoms with Gasteiger partial charge in [0.25, 0.3) is 0 Å². The minimum Gasteiger partial charge on any atom is -0.400 e. The summed E-state index contributed by atoms with van der Waals surface area (Å²) in [7, 11) is 1.00. The first-order valence-corrected chi connectivity index (χ1v) is 3.75. The van der Waals surface area contributed by atoms with Crippen LogP contribution in [0.4, 0.5) is 0 Å². The van der Waals surface area contributed by atoms with Crippen molar-refractivity contribution in [2.75, 3.05) is 7.11 Å². The van der Waals surface area contributed by atoms with E-state index in [4.69, 9.17) is 5.11 Å². The topological polar surface area (TPSA) is 20.2 Å². The van der Waals surface area contributed by atoms with E-state index in [9.17, 15) is 0 Å². The molecule has 0 bridgehead atoms.